The third-order valence-electron chi connectivity index (χ3n) is 3.26. The predicted octanol–water partition coefficient (Wildman–Crippen LogP) is 1.65. The number of sulfonamides is 1. The molecule has 7 nitrogen and oxygen atoms in total. The maximum absolute atomic E-state index is 12.3. The molecule has 0 spiro atoms. The summed E-state index contributed by atoms with van der Waals surface area (Å²) in [6.45, 7) is 4.11. The zero-order chi connectivity index (χ0) is 17.5. The molecule has 0 unspecified atom stereocenters. The van der Waals surface area contributed by atoms with Gasteiger partial charge in [0.05, 0.1) is 10.5 Å². The predicted molar refractivity (Wildman–Crippen MR) is 88.3 cm³/mol. The minimum atomic E-state index is -3.76. The third-order valence-corrected chi connectivity index (χ3v) is 4.85. The SMILES string of the molecule is CCC[C@H](C)NS(=O)(=O)c1ccc(NCCCO)c(C(=O)O)c1. The fourth-order valence-corrected chi connectivity index (χ4v) is 3.45. The highest BCUT2D eigenvalue weighted by Crippen LogP contribution is 2.21. The lowest BCUT2D eigenvalue weighted by Gasteiger charge is -2.15. The van der Waals surface area contributed by atoms with Gasteiger partial charge in [0.25, 0.3) is 0 Å². The van der Waals surface area contributed by atoms with Crippen LogP contribution < -0.4 is 10.0 Å². The Bertz CT molecular complexity index is 631. The number of carbonyl (C=O) groups is 1. The van der Waals surface area contributed by atoms with E-state index in [9.17, 15) is 18.3 Å². The van der Waals surface area contributed by atoms with Gasteiger partial charge < -0.3 is 15.5 Å². The molecule has 130 valence electrons. The molecule has 4 N–H and O–H groups in total. The second-order valence-electron chi connectivity index (χ2n) is 5.33. The Hall–Kier alpha value is -1.64. The van der Waals surface area contributed by atoms with Crippen LogP contribution in [0.5, 0.6) is 0 Å². The van der Waals surface area contributed by atoms with Crippen molar-refractivity contribution in [2.45, 2.75) is 44.0 Å². The van der Waals surface area contributed by atoms with Crippen molar-refractivity contribution < 1.29 is 23.4 Å². The lowest BCUT2D eigenvalue weighted by molar-refractivity contribution is 0.0697. The fourth-order valence-electron chi connectivity index (χ4n) is 2.15. The maximum atomic E-state index is 12.3. The number of hydrogen-bond acceptors (Lipinski definition) is 5. The molecule has 0 aliphatic heterocycles. The molecule has 1 aromatic rings. The summed E-state index contributed by atoms with van der Waals surface area (Å²) >= 11 is 0. The molecule has 0 heterocycles. The van der Waals surface area contributed by atoms with Crippen LogP contribution in [0.3, 0.4) is 0 Å². The molecule has 0 aliphatic rings. The summed E-state index contributed by atoms with van der Waals surface area (Å²) in [5.41, 5.74) is 0.209. The molecular formula is C15H24N2O5S. The van der Waals surface area contributed by atoms with Gasteiger partial charge in [0.2, 0.25) is 10.0 Å². The van der Waals surface area contributed by atoms with Gasteiger partial charge in [-0.25, -0.2) is 17.9 Å². The van der Waals surface area contributed by atoms with Crippen LogP contribution in [-0.2, 0) is 10.0 Å². The van der Waals surface area contributed by atoms with Gasteiger partial charge in [-0.2, -0.15) is 0 Å². The minimum Gasteiger partial charge on any atom is -0.478 e. The highest BCUT2D eigenvalue weighted by atomic mass is 32.2. The molecule has 0 bridgehead atoms. The number of aliphatic hydroxyl groups excluding tert-OH is 1. The zero-order valence-corrected chi connectivity index (χ0v) is 14.2. The van der Waals surface area contributed by atoms with Crippen LogP contribution in [-0.4, -0.2) is 43.8 Å². The lowest BCUT2D eigenvalue weighted by atomic mass is 10.2. The summed E-state index contributed by atoms with van der Waals surface area (Å²) in [4.78, 5) is 11.3. The number of aromatic carboxylic acids is 1. The van der Waals surface area contributed by atoms with Gasteiger partial charge in [-0.1, -0.05) is 13.3 Å². The second-order valence-corrected chi connectivity index (χ2v) is 7.04. The van der Waals surface area contributed by atoms with E-state index in [-0.39, 0.29) is 23.1 Å². The highest BCUT2D eigenvalue weighted by Gasteiger charge is 2.20. The quantitative estimate of drug-likeness (QED) is 0.480. The Balaban J connectivity index is 3.04. The van der Waals surface area contributed by atoms with Crippen LogP contribution in [0.2, 0.25) is 0 Å². The van der Waals surface area contributed by atoms with Gasteiger partial charge in [-0.3, -0.25) is 0 Å². The molecular weight excluding hydrogens is 320 g/mol. The van der Waals surface area contributed by atoms with Gasteiger partial charge in [0.15, 0.2) is 0 Å². The summed E-state index contributed by atoms with van der Waals surface area (Å²) < 4.78 is 27.1. The van der Waals surface area contributed by atoms with Crippen LogP contribution in [0.1, 0.15) is 43.5 Å². The van der Waals surface area contributed by atoms with E-state index in [1.807, 2.05) is 6.92 Å². The van der Waals surface area contributed by atoms with Crippen molar-refractivity contribution in [3.63, 3.8) is 0 Å². The third kappa shape index (κ3) is 5.81. The van der Waals surface area contributed by atoms with Gasteiger partial charge in [-0.05, 0) is 38.0 Å². The molecule has 0 saturated carbocycles. The molecule has 0 aromatic heterocycles. The summed E-state index contributed by atoms with van der Waals surface area (Å²) in [6.07, 6.45) is 2.01. The number of anilines is 1. The van der Waals surface area contributed by atoms with Crippen LogP contribution in [0.15, 0.2) is 23.1 Å². The van der Waals surface area contributed by atoms with Crippen LogP contribution in [0.4, 0.5) is 5.69 Å². The number of carboxylic acids is 1. The number of nitrogens with one attached hydrogen (secondary N) is 2. The van der Waals surface area contributed by atoms with Crippen LogP contribution in [0.25, 0.3) is 0 Å². The number of hydrogen-bond donors (Lipinski definition) is 4. The van der Waals surface area contributed by atoms with E-state index in [4.69, 9.17) is 5.11 Å². The van der Waals surface area contributed by atoms with E-state index >= 15 is 0 Å². The Morgan fingerprint density at radius 1 is 1.35 bits per heavy atom. The van der Waals surface area contributed by atoms with Gasteiger partial charge in [0, 0.05) is 24.9 Å². The molecule has 0 saturated heterocycles. The van der Waals surface area contributed by atoms with E-state index in [1.54, 1.807) is 6.92 Å². The monoisotopic (exact) mass is 344 g/mol. The molecule has 0 amide bonds. The first-order chi connectivity index (χ1) is 10.8. The Morgan fingerprint density at radius 3 is 2.61 bits per heavy atom. The first kappa shape index (κ1) is 19.4. The van der Waals surface area contributed by atoms with Crippen LogP contribution >= 0.6 is 0 Å². The summed E-state index contributed by atoms with van der Waals surface area (Å²) in [6, 6.07) is 3.72. The molecule has 23 heavy (non-hydrogen) atoms. The fraction of sp³-hybridized carbons (Fsp3) is 0.533. The molecule has 1 atom stereocenters. The largest absolute Gasteiger partial charge is 0.478 e. The number of benzene rings is 1. The standard InChI is InChI=1S/C15H24N2O5S/c1-3-5-11(2)17-23(21,22)12-6-7-14(16-8-4-9-18)13(10-12)15(19)20/h6-7,10-11,16-18H,3-5,8-9H2,1-2H3,(H,19,20)/t11-/m0/s1. The zero-order valence-electron chi connectivity index (χ0n) is 13.4. The van der Waals surface area contributed by atoms with Crippen LogP contribution in [0, 0.1) is 0 Å². The number of rotatable bonds is 10. The molecule has 0 aliphatic carbocycles. The second kappa shape index (κ2) is 8.85. The highest BCUT2D eigenvalue weighted by molar-refractivity contribution is 7.89. The van der Waals surface area contributed by atoms with Crippen molar-refractivity contribution in [3.05, 3.63) is 23.8 Å². The van der Waals surface area contributed by atoms with E-state index in [2.05, 4.69) is 10.0 Å². The number of carboxylic acid groups (broad SMARTS) is 1. The van der Waals surface area contributed by atoms with Gasteiger partial charge >= 0.3 is 5.97 Å². The normalized spacial score (nSPS) is 12.8. The first-order valence-electron chi connectivity index (χ1n) is 7.56. The van der Waals surface area contributed by atoms with Crippen molar-refractivity contribution in [3.8, 4) is 0 Å². The Kier molecular flexibility index (Phi) is 7.47. The van der Waals surface area contributed by atoms with Crippen molar-refractivity contribution >= 4 is 21.7 Å². The minimum absolute atomic E-state index is 0.0128. The van der Waals surface area contributed by atoms with E-state index in [0.29, 0.717) is 25.1 Å². The van der Waals surface area contributed by atoms with Crippen molar-refractivity contribution in [2.24, 2.45) is 0 Å². The summed E-state index contributed by atoms with van der Waals surface area (Å²) in [5.74, 6) is -1.21. The molecule has 8 heteroatoms. The Morgan fingerprint density at radius 2 is 2.04 bits per heavy atom. The van der Waals surface area contributed by atoms with Gasteiger partial charge in [-0.15, -0.1) is 0 Å². The summed E-state index contributed by atoms with van der Waals surface area (Å²) in [7, 11) is -3.76. The van der Waals surface area contributed by atoms with Gasteiger partial charge in [0.1, 0.15) is 0 Å². The lowest BCUT2D eigenvalue weighted by Crippen LogP contribution is -2.32. The Labute approximate surface area is 136 Å². The molecule has 1 rings (SSSR count). The van der Waals surface area contributed by atoms with E-state index in [0.717, 1.165) is 12.5 Å². The average molecular weight is 344 g/mol. The van der Waals surface area contributed by atoms with Crippen molar-refractivity contribution in [2.75, 3.05) is 18.5 Å². The number of aliphatic hydroxyl groups is 1. The van der Waals surface area contributed by atoms with E-state index in [1.165, 1.54) is 12.1 Å². The average Bonchev–Trinajstić information content (AvgIpc) is 2.47. The van der Waals surface area contributed by atoms with Crippen molar-refractivity contribution in [1.82, 2.24) is 4.72 Å². The first-order valence-corrected chi connectivity index (χ1v) is 9.04. The van der Waals surface area contributed by atoms with Crippen molar-refractivity contribution in [1.29, 1.82) is 0 Å². The molecule has 0 fully saturated rings. The molecule has 0 radical (unpaired) electrons. The summed E-state index contributed by atoms with van der Waals surface area (Å²) in [5, 5.41) is 20.9. The topological polar surface area (TPSA) is 116 Å². The molecule has 1 aromatic carbocycles. The smallest absolute Gasteiger partial charge is 0.337 e. The van der Waals surface area contributed by atoms with E-state index < -0.39 is 16.0 Å². The maximum Gasteiger partial charge on any atom is 0.337 e.